The van der Waals surface area contributed by atoms with Gasteiger partial charge in [-0.2, -0.15) is 0 Å². The predicted molar refractivity (Wildman–Crippen MR) is 85.9 cm³/mol. The first-order chi connectivity index (χ1) is 11.0. The summed E-state index contributed by atoms with van der Waals surface area (Å²) >= 11 is 5.69. The highest BCUT2D eigenvalue weighted by atomic mass is 35.5. The minimum absolute atomic E-state index is 0.0619. The second kappa shape index (κ2) is 8.47. The van der Waals surface area contributed by atoms with Crippen LogP contribution in [0.4, 0.5) is 9.18 Å². The molecular weight excluding hydrogens is 323 g/mol. The maximum absolute atomic E-state index is 13.6. The van der Waals surface area contributed by atoms with Gasteiger partial charge in [-0.15, -0.1) is 0 Å². The van der Waals surface area contributed by atoms with Crippen LogP contribution in [-0.4, -0.2) is 36.9 Å². The Morgan fingerprint density at radius 3 is 3.04 bits per heavy atom. The van der Waals surface area contributed by atoms with Crippen LogP contribution in [0.1, 0.15) is 31.4 Å². The Hall–Kier alpha value is -1.37. The topological polar surface area (TPSA) is 70.6 Å². The number of urea groups is 1. The number of nitrogens with one attached hydrogen (secondary N) is 2. The molecule has 1 aliphatic rings. The number of carbonyl (C=O) groups is 1. The summed E-state index contributed by atoms with van der Waals surface area (Å²) in [6, 6.07) is 4.03. The lowest BCUT2D eigenvalue weighted by Gasteiger charge is -2.21. The van der Waals surface area contributed by atoms with Crippen LogP contribution in [0.3, 0.4) is 0 Å². The number of hydrogen-bond acceptors (Lipinski definition) is 3. The lowest BCUT2D eigenvalue weighted by molar-refractivity contribution is 0.0996. The Balaban J connectivity index is 1.91. The van der Waals surface area contributed by atoms with Gasteiger partial charge in [0.2, 0.25) is 0 Å². The molecule has 128 valence electrons. The van der Waals surface area contributed by atoms with Crippen LogP contribution in [0.25, 0.3) is 0 Å². The Morgan fingerprint density at radius 2 is 2.35 bits per heavy atom. The molecule has 2 rings (SSSR count). The van der Waals surface area contributed by atoms with Crippen LogP contribution < -0.4 is 10.6 Å². The first-order valence-electron chi connectivity index (χ1n) is 7.73. The average Bonchev–Trinajstić information content (AvgIpc) is 2.96. The molecule has 7 heteroatoms. The van der Waals surface area contributed by atoms with E-state index in [0.29, 0.717) is 31.6 Å². The summed E-state index contributed by atoms with van der Waals surface area (Å²) in [5.74, 6) is -0.299. The number of rotatable bonds is 6. The van der Waals surface area contributed by atoms with Gasteiger partial charge in [0.1, 0.15) is 11.9 Å². The van der Waals surface area contributed by atoms with Gasteiger partial charge < -0.3 is 20.5 Å². The maximum atomic E-state index is 13.6. The lowest BCUT2D eigenvalue weighted by Crippen LogP contribution is -2.44. The van der Waals surface area contributed by atoms with Gasteiger partial charge in [-0.3, -0.25) is 0 Å². The van der Waals surface area contributed by atoms with Crippen LogP contribution >= 0.6 is 11.6 Å². The molecule has 0 saturated carbocycles. The van der Waals surface area contributed by atoms with E-state index < -0.39 is 5.82 Å². The summed E-state index contributed by atoms with van der Waals surface area (Å²) in [4.78, 5) is 12.0. The Kier molecular flexibility index (Phi) is 6.62. The van der Waals surface area contributed by atoms with Crippen molar-refractivity contribution in [1.29, 1.82) is 0 Å². The zero-order valence-corrected chi connectivity index (χ0v) is 13.8. The lowest BCUT2D eigenvalue weighted by atomic mass is 10.0. The van der Waals surface area contributed by atoms with E-state index in [4.69, 9.17) is 21.4 Å². The molecule has 0 spiro atoms. The van der Waals surface area contributed by atoms with Crippen molar-refractivity contribution >= 4 is 17.6 Å². The third-order valence-electron chi connectivity index (χ3n) is 3.91. The number of ether oxygens (including phenoxy) is 1. The van der Waals surface area contributed by atoms with Crippen LogP contribution in [-0.2, 0) is 4.74 Å². The molecule has 1 fully saturated rings. The van der Waals surface area contributed by atoms with Gasteiger partial charge in [-0.1, -0.05) is 24.6 Å². The minimum atomic E-state index is -0.499. The molecule has 23 heavy (non-hydrogen) atoms. The molecule has 1 aromatic carbocycles. The summed E-state index contributed by atoms with van der Waals surface area (Å²) in [5.41, 5.74) is 0.656. The zero-order valence-electron chi connectivity index (χ0n) is 13.0. The zero-order chi connectivity index (χ0) is 16.8. The normalized spacial score (nSPS) is 21.9. The molecule has 0 bridgehead atoms. The summed E-state index contributed by atoms with van der Waals surface area (Å²) in [7, 11) is 0. The first-order valence-corrected chi connectivity index (χ1v) is 8.11. The molecule has 3 atom stereocenters. The van der Waals surface area contributed by atoms with Gasteiger partial charge in [0, 0.05) is 19.8 Å². The van der Waals surface area contributed by atoms with Gasteiger partial charge in [0.05, 0.1) is 11.1 Å². The van der Waals surface area contributed by atoms with Crippen molar-refractivity contribution < 1.29 is 19.0 Å². The Bertz CT molecular complexity index is 544. The van der Waals surface area contributed by atoms with E-state index >= 15 is 0 Å². The molecule has 5 nitrogen and oxygen atoms in total. The number of carbonyl (C=O) groups excluding carboxylic acids is 1. The molecule has 2 amide bonds. The van der Waals surface area contributed by atoms with E-state index in [1.807, 2.05) is 6.92 Å². The van der Waals surface area contributed by atoms with E-state index in [2.05, 4.69) is 10.6 Å². The standard InChI is InChI=1S/C16H22ClFN2O3/c1-10(4-6-21)9-19-16(22)20-14-5-7-23-15(14)11-2-3-12(17)13(18)8-11/h2-3,8,10,14-15,21H,4-7,9H2,1H3,(H2,19,20,22). The van der Waals surface area contributed by atoms with Crippen LogP contribution in [0.2, 0.25) is 5.02 Å². The first kappa shape index (κ1) is 18.0. The van der Waals surface area contributed by atoms with Crippen molar-refractivity contribution in [2.45, 2.75) is 31.9 Å². The van der Waals surface area contributed by atoms with Crippen molar-refractivity contribution in [2.24, 2.45) is 5.92 Å². The van der Waals surface area contributed by atoms with E-state index in [-0.39, 0.29) is 35.7 Å². The molecule has 0 radical (unpaired) electrons. The SMILES string of the molecule is CC(CCO)CNC(=O)NC1CCOC1c1ccc(Cl)c(F)c1. The molecule has 1 saturated heterocycles. The quantitative estimate of drug-likeness (QED) is 0.743. The highest BCUT2D eigenvalue weighted by Crippen LogP contribution is 2.31. The fourth-order valence-electron chi connectivity index (χ4n) is 2.56. The smallest absolute Gasteiger partial charge is 0.315 e. The number of halogens is 2. The number of aliphatic hydroxyl groups is 1. The van der Waals surface area contributed by atoms with Crippen molar-refractivity contribution in [3.05, 3.63) is 34.6 Å². The number of aliphatic hydroxyl groups excluding tert-OH is 1. The summed E-state index contributed by atoms with van der Waals surface area (Å²) in [6.07, 6.45) is 0.913. The molecule has 1 heterocycles. The molecule has 0 aromatic heterocycles. The Labute approximate surface area is 140 Å². The minimum Gasteiger partial charge on any atom is -0.396 e. The molecule has 3 unspecified atom stereocenters. The van der Waals surface area contributed by atoms with Gasteiger partial charge in [-0.05, 0) is 36.5 Å². The highest BCUT2D eigenvalue weighted by molar-refractivity contribution is 6.30. The predicted octanol–water partition coefficient (Wildman–Crippen LogP) is 2.63. The van der Waals surface area contributed by atoms with E-state index in [1.165, 1.54) is 12.1 Å². The molecule has 3 N–H and O–H groups in total. The molecular formula is C16H22ClFN2O3. The van der Waals surface area contributed by atoms with Crippen LogP contribution in [0.5, 0.6) is 0 Å². The van der Waals surface area contributed by atoms with E-state index in [0.717, 1.165) is 0 Å². The number of hydrogen-bond donors (Lipinski definition) is 3. The van der Waals surface area contributed by atoms with E-state index in [9.17, 15) is 9.18 Å². The average molecular weight is 345 g/mol. The van der Waals surface area contributed by atoms with Crippen molar-refractivity contribution in [2.75, 3.05) is 19.8 Å². The van der Waals surface area contributed by atoms with Crippen molar-refractivity contribution in [3.63, 3.8) is 0 Å². The number of amides is 2. The largest absolute Gasteiger partial charge is 0.396 e. The third kappa shape index (κ3) is 5.06. The van der Waals surface area contributed by atoms with Gasteiger partial charge in [-0.25, -0.2) is 9.18 Å². The second-order valence-corrected chi connectivity index (χ2v) is 6.24. The molecule has 1 aromatic rings. The number of benzene rings is 1. The van der Waals surface area contributed by atoms with Gasteiger partial charge >= 0.3 is 6.03 Å². The highest BCUT2D eigenvalue weighted by Gasteiger charge is 2.31. The molecule has 0 aliphatic carbocycles. The van der Waals surface area contributed by atoms with Crippen molar-refractivity contribution in [1.82, 2.24) is 10.6 Å². The van der Waals surface area contributed by atoms with E-state index in [1.54, 1.807) is 6.07 Å². The fraction of sp³-hybridized carbons (Fsp3) is 0.562. The maximum Gasteiger partial charge on any atom is 0.315 e. The summed E-state index contributed by atoms with van der Waals surface area (Å²) in [6.45, 7) is 3.04. The summed E-state index contributed by atoms with van der Waals surface area (Å²) < 4.78 is 19.2. The van der Waals surface area contributed by atoms with Gasteiger partial charge in [0.25, 0.3) is 0 Å². The molecule has 1 aliphatic heterocycles. The third-order valence-corrected chi connectivity index (χ3v) is 4.22. The van der Waals surface area contributed by atoms with Crippen molar-refractivity contribution in [3.8, 4) is 0 Å². The van der Waals surface area contributed by atoms with Gasteiger partial charge in [0.15, 0.2) is 0 Å². The fourth-order valence-corrected chi connectivity index (χ4v) is 2.68. The Morgan fingerprint density at radius 1 is 1.57 bits per heavy atom. The van der Waals surface area contributed by atoms with Crippen LogP contribution in [0, 0.1) is 11.7 Å². The second-order valence-electron chi connectivity index (χ2n) is 5.83. The monoisotopic (exact) mass is 344 g/mol. The summed E-state index contributed by atoms with van der Waals surface area (Å²) in [5, 5.41) is 14.6. The van der Waals surface area contributed by atoms with Crippen LogP contribution in [0.15, 0.2) is 18.2 Å².